The number of benzene rings is 3. The second-order valence-electron chi connectivity index (χ2n) is 7.88. The highest BCUT2D eigenvalue weighted by atomic mass is 32.1. The molecule has 1 heterocycles. The number of anilines is 1. The zero-order chi connectivity index (χ0) is 23.9. The van der Waals surface area contributed by atoms with Crippen LogP contribution in [0.25, 0.3) is 28.5 Å². The third-order valence-electron chi connectivity index (χ3n) is 5.00. The molecule has 0 radical (unpaired) electrons. The Bertz CT molecular complexity index is 1280. The Balaban J connectivity index is 1.39. The van der Waals surface area contributed by atoms with Crippen LogP contribution in [0.15, 0.2) is 84.3 Å². The Morgan fingerprint density at radius 2 is 1.65 bits per heavy atom. The number of methoxy groups -OCH3 is 1. The van der Waals surface area contributed by atoms with Crippen molar-refractivity contribution in [3.05, 3.63) is 89.8 Å². The Hall–Kier alpha value is -3.90. The lowest BCUT2D eigenvalue weighted by Crippen LogP contribution is -2.07. The molecule has 4 aromatic rings. The molecule has 1 aromatic heterocycles. The Labute approximate surface area is 203 Å². The van der Waals surface area contributed by atoms with Gasteiger partial charge in [-0.2, -0.15) is 0 Å². The van der Waals surface area contributed by atoms with Gasteiger partial charge in [0.25, 0.3) is 0 Å². The first-order chi connectivity index (χ1) is 16.5. The lowest BCUT2D eigenvalue weighted by atomic mass is 10.0. The minimum Gasteiger partial charge on any atom is -0.493 e. The molecule has 1 N–H and O–H groups in total. The highest BCUT2D eigenvalue weighted by Gasteiger charge is 2.09. The van der Waals surface area contributed by atoms with Crippen molar-refractivity contribution in [2.75, 3.05) is 12.4 Å². The standard InChI is InChI=1S/C28H26N2O3S/c1-19(2)33-25-15-9-20(17-26(25)32-3)10-16-27(31)30-28-29-24(18-34-28)23-13-11-22(12-14-23)21-7-5-4-6-8-21/h4-19H,1-3H3,(H,29,30,31)/b16-10+. The summed E-state index contributed by atoms with van der Waals surface area (Å²) in [7, 11) is 1.60. The number of nitrogens with zero attached hydrogens (tertiary/aromatic N) is 1. The van der Waals surface area contributed by atoms with Gasteiger partial charge in [-0.1, -0.05) is 60.7 Å². The first-order valence-electron chi connectivity index (χ1n) is 11.0. The van der Waals surface area contributed by atoms with Crippen LogP contribution >= 0.6 is 11.3 Å². The van der Waals surface area contributed by atoms with Crippen LogP contribution in [-0.4, -0.2) is 24.1 Å². The largest absolute Gasteiger partial charge is 0.493 e. The number of hydrogen-bond donors (Lipinski definition) is 1. The molecule has 34 heavy (non-hydrogen) atoms. The van der Waals surface area contributed by atoms with Gasteiger partial charge in [-0.05, 0) is 48.7 Å². The van der Waals surface area contributed by atoms with E-state index < -0.39 is 0 Å². The fourth-order valence-electron chi connectivity index (χ4n) is 3.39. The number of nitrogens with one attached hydrogen (secondary N) is 1. The molecule has 4 rings (SSSR count). The van der Waals surface area contributed by atoms with Crippen LogP contribution in [0.1, 0.15) is 19.4 Å². The molecule has 0 spiro atoms. The van der Waals surface area contributed by atoms with Gasteiger partial charge in [0.1, 0.15) is 0 Å². The lowest BCUT2D eigenvalue weighted by molar-refractivity contribution is -0.111. The topological polar surface area (TPSA) is 60.5 Å². The van der Waals surface area contributed by atoms with Crippen LogP contribution in [0.3, 0.4) is 0 Å². The van der Waals surface area contributed by atoms with Crippen molar-refractivity contribution in [3.8, 4) is 33.9 Å². The van der Waals surface area contributed by atoms with Gasteiger partial charge in [0.05, 0.1) is 18.9 Å². The van der Waals surface area contributed by atoms with E-state index in [-0.39, 0.29) is 12.0 Å². The van der Waals surface area contributed by atoms with Crippen molar-refractivity contribution < 1.29 is 14.3 Å². The van der Waals surface area contributed by atoms with Crippen molar-refractivity contribution in [1.82, 2.24) is 4.98 Å². The zero-order valence-electron chi connectivity index (χ0n) is 19.3. The van der Waals surface area contributed by atoms with Crippen molar-refractivity contribution in [2.24, 2.45) is 0 Å². The highest BCUT2D eigenvalue weighted by Crippen LogP contribution is 2.30. The van der Waals surface area contributed by atoms with E-state index in [9.17, 15) is 4.79 Å². The minimum absolute atomic E-state index is 0.0473. The van der Waals surface area contributed by atoms with Crippen molar-refractivity contribution >= 4 is 28.5 Å². The smallest absolute Gasteiger partial charge is 0.250 e. The summed E-state index contributed by atoms with van der Waals surface area (Å²) >= 11 is 1.40. The molecule has 0 aliphatic rings. The maximum atomic E-state index is 12.4. The normalized spacial score (nSPS) is 11.1. The summed E-state index contributed by atoms with van der Waals surface area (Å²) < 4.78 is 11.1. The summed E-state index contributed by atoms with van der Waals surface area (Å²) in [5, 5.41) is 5.32. The molecule has 0 saturated heterocycles. The van der Waals surface area contributed by atoms with E-state index in [1.54, 1.807) is 13.2 Å². The van der Waals surface area contributed by atoms with Crippen LogP contribution in [0.2, 0.25) is 0 Å². The summed E-state index contributed by atoms with van der Waals surface area (Å²) in [6.07, 6.45) is 3.26. The Kier molecular flexibility index (Phi) is 7.40. The van der Waals surface area contributed by atoms with Crippen LogP contribution < -0.4 is 14.8 Å². The predicted molar refractivity (Wildman–Crippen MR) is 139 cm³/mol. The summed E-state index contributed by atoms with van der Waals surface area (Å²) in [6, 6.07) is 24.0. The molecule has 1 amide bonds. The van der Waals surface area contributed by atoms with Gasteiger partial charge in [-0.3, -0.25) is 10.1 Å². The maximum Gasteiger partial charge on any atom is 0.250 e. The fourth-order valence-corrected chi connectivity index (χ4v) is 4.11. The number of amides is 1. The van der Waals surface area contributed by atoms with E-state index in [1.807, 2.05) is 67.8 Å². The molecule has 0 aliphatic carbocycles. The average molecular weight is 471 g/mol. The molecular weight excluding hydrogens is 444 g/mol. The number of thiazole rings is 1. The average Bonchev–Trinajstić information content (AvgIpc) is 3.32. The van der Waals surface area contributed by atoms with Crippen LogP contribution in [0.5, 0.6) is 11.5 Å². The summed E-state index contributed by atoms with van der Waals surface area (Å²) in [5.41, 5.74) is 4.99. The van der Waals surface area contributed by atoms with Gasteiger partial charge >= 0.3 is 0 Å². The second kappa shape index (κ2) is 10.8. The second-order valence-corrected chi connectivity index (χ2v) is 8.74. The van der Waals surface area contributed by atoms with Crippen LogP contribution in [0.4, 0.5) is 5.13 Å². The maximum absolute atomic E-state index is 12.4. The Morgan fingerprint density at radius 1 is 0.941 bits per heavy atom. The number of carbonyl (C=O) groups excluding carboxylic acids is 1. The zero-order valence-corrected chi connectivity index (χ0v) is 20.1. The highest BCUT2D eigenvalue weighted by molar-refractivity contribution is 7.14. The molecule has 0 atom stereocenters. The van der Waals surface area contributed by atoms with Crippen LogP contribution in [-0.2, 0) is 4.79 Å². The molecule has 172 valence electrons. The quantitative estimate of drug-likeness (QED) is 0.284. The van der Waals surface area contributed by atoms with Crippen molar-refractivity contribution in [2.45, 2.75) is 20.0 Å². The Morgan fingerprint density at radius 3 is 2.35 bits per heavy atom. The first-order valence-corrected chi connectivity index (χ1v) is 11.8. The van der Waals surface area contributed by atoms with E-state index in [2.05, 4.69) is 34.6 Å². The number of rotatable bonds is 8. The first kappa shape index (κ1) is 23.3. The van der Waals surface area contributed by atoms with Crippen LogP contribution in [0, 0.1) is 0 Å². The van der Waals surface area contributed by atoms with Gasteiger partial charge in [0.2, 0.25) is 5.91 Å². The van der Waals surface area contributed by atoms with Gasteiger partial charge < -0.3 is 9.47 Å². The fraction of sp³-hybridized carbons (Fsp3) is 0.143. The minimum atomic E-state index is -0.248. The third-order valence-corrected chi connectivity index (χ3v) is 5.76. The summed E-state index contributed by atoms with van der Waals surface area (Å²) in [4.78, 5) is 17.0. The van der Waals surface area contributed by atoms with Gasteiger partial charge in [-0.25, -0.2) is 4.98 Å². The molecule has 3 aromatic carbocycles. The molecular formula is C28H26N2O3S. The number of carbonyl (C=O) groups is 1. The molecule has 6 heteroatoms. The number of aromatic nitrogens is 1. The lowest BCUT2D eigenvalue weighted by Gasteiger charge is -2.13. The molecule has 5 nitrogen and oxygen atoms in total. The predicted octanol–water partition coefficient (Wildman–Crippen LogP) is 6.92. The number of hydrogen-bond acceptors (Lipinski definition) is 5. The molecule has 0 unspecified atom stereocenters. The molecule has 0 fully saturated rings. The summed E-state index contributed by atoms with van der Waals surface area (Å²) in [5.74, 6) is 1.05. The molecule has 0 aliphatic heterocycles. The van der Waals surface area contributed by atoms with Gasteiger partial charge in [0.15, 0.2) is 16.6 Å². The van der Waals surface area contributed by atoms with E-state index in [0.29, 0.717) is 16.6 Å². The monoisotopic (exact) mass is 470 g/mol. The SMILES string of the molecule is COc1cc(/C=C/C(=O)Nc2nc(-c3ccc(-c4ccccc4)cc3)cs2)ccc1OC(C)C. The van der Waals surface area contributed by atoms with E-state index in [4.69, 9.17) is 9.47 Å². The third kappa shape index (κ3) is 5.91. The van der Waals surface area contributed by atoms with E-state index >= 15 is 0 Å². The molecule has 0 saturated carbocycles. The van der Waals surface area contributed by atoms with Crippen molar-refractivity contribution in [3.63, 3.8) is 0 Å². The number of ether oxygens (including phenoxy) is 2. The van der Waals surface area contributed by atoms with Gasteiger partial charge in [0, 0.05) is 17.0 Å². The van der Waals surface area contributed by atoms with Gasteiger partial charge in [-0.15, -0.1) is 11.3 Å². The van der Waals surface area contributed by atoms with E-state index in [1.165, 1.54) is 23.0 Å². The van der Waals surface area contributed by atoms with Crippen molar-refractivity contribution in [1.29, 1.82) is 0 Å². The summed E-state index contributed by atoms with van der Waals surface area (Å²) in [6.45, 7) is 3.92. The van der Waals surface area contributed by atoms with E-state index in [0.717, 1.165) is 22.4 Å². The molecule has 0 bridgehead atoms.